The van der Waals surface area contributed by atoms with Crippen LogP contribution in [0.3, 0.4) is 0 Å². The summed E-state index contributed by atoms with van der Waals surface area (Å²) in [6.07, 6.45) is 6.10. The van der Waals surface area contributed by atoms with E-state index in [4.69, 9.17) is 0 Å². The standard InChI is InChI=1S/C3H3N2.3C2H5.Pb/c1-2-5-3-4-1;3*1-2;/h1-3H;3*1H2,2H3;/q-1;;;;+1. The van der Waals surface area contributed by atoms with E-state index in [1.54, 1.807) is 0 Å². The third-order valence-corrected chi connectivity index (χ3v) is 23.7. The Kier molecular flexibility index (Phi) is 3.74. The van der Waals surface area contributed by atoms with Gasteiger partial charge in [0, 0.05) is 0 Å². The van der Waals surface area contributed by atoms with E-state index >= 15 is 0 Å². The fourth-order valence-electron chi connectivity index (χ4n) is 1.84. The van der Waals surface area contributed by atoms with Gasteiger partial charge in [0.25, 0.3) is 0 Å². The van der Waals surface area contributed by atoms with Crippen molar-refractivity contribution in [2.75, 3.05) is 0 Å². The maximum absolute atomic E-state index is 4.15. The molecule has 0 fully saturated rings. The fourth-order valence-corrected chi connectivity index (χ4v) is 14.6. The Labute approximate surface area is 80.1 Å². The van der Waals surface area contributed by atoms with Crippen LogP contribution in [0.15, 0.2) is 18.7 Å². The van der Waals surface area contributed by atoms with E-state index in [0.29, 0.717) is 0 Å². The van der Waals surface area contributed by atoms with E-state index in [9.17, 15) is 0 Å². The summed E-state index contributed by atoms with van der Waals surface area (Å²) in [6, 6.07) is 0. The molecule has 0 saturated carbocycles. The zero-order chi connectivity index (χ0) is 9.03. The van der Waals surface area contributed by atoms with Gasteiger partial charge in [-0.2, -0.15) is 0 Å². The second-order valence-electron chi connectivity index (χ2n) is 3.25. The Bertz CT molecular complexity index is 206. The van der Waals surface area contributed by atoms with Gasteiger partial charge in [-0.05, 0) is 0 Å². The molecular weight excluding hydrogens is 343 g/mol. The summed E-state index contributed by atoms with van der Waals surface area (Å²) >= 11 is -2.08. The minimum absolute atomic E-state index is 1.40. The van der Waals surface area contributed by atoms with Crippen LogP contribution in [0.1, 0.15) is 20.8 Å². The molecule has 0 saturated heterocycles. The SMILES string of the molecule is C[CH2][Pb]([CH2]C)([CH2]C)[n]1ccnc1. The van der Waals surface area contributed by atoms with Crippen LogP contribution >= 0.6 is 0 Å². The predicted molar refractivity (Wildman–Crippen MR) is 54.8 cm³/mol. The van der Waals surface area contributed by atoms with Crippen molar-refractivity contribution in [1.82, 2.24) is 7.36 Å². The molecule has 0 amide bonds. The summed E-state index contributed by atoms with van der Waals surface area (Å²) in [5.74, 6) is 0. The molecule has 0 aromatic carbocycles. The third-order valence-electron chi connectivity index (χ3n) is 3.03. The topological polar surface area (TPSA) is 17.8 Å². The molecule has 0 spiro atoms. The first-order valence-electron chi connectivity index (χ1n) is 4.77. The molecule has 1 heterocycles. The quantitative estimate of drug-likeness (QED) is 0.754. The third kappa shape index (κ3) is 1.73. The molecule has 1 aromatic heterocycles. The van der Waals surface area contributed by atoms with Gasteiger partial charge < -0.3 is 0 Å². The van der Waals surface area contributed by atoms with Crippen LogP contribution in [0.2, 0.25) is 11.9 Å². The van der Waals surface area contributed by atoms with E-state index in [1.165, 1.54) is 11.9 Å². The van der Waals surface area contributed by atoms with E-state index in [-0.39, 0.29) is 0 Å². The van der Waals surface area contributed by atoms with Gasteiger partial charge >= 0.3 is 80.3 Å². The number of hydrogen-bond donors (Lipinski definition) is 0. The zero-order valence-electron chi connectivity index (χ0n) is 8.25. The molecular formula is C9H18N2Pb. The normalized spacial score (nSPS) is 11.9. The van der Waals surface area contributed by atoms with E-state index in [2.05, 4.69) is 34.3 Å². The van der Waals surface area contributed by atoms with Crippen molar-refractivity contribution in [2.45, 2.75) is 32.7 Å². The average Bonchev–Trinajstić information content (AvgIpc) is 2.62. The van der Waals surface area contributed by atoms with Gasteiger partial charge in [-0.1, -0.05) is 0 Å². The van der Waals surface area contributed by atoms with Crippen LogP contribution < -0.4 is 0 Å². The summed E-state index contributed by atoms with van der Waals surface area (Å²) in [6.45, 7) is 7.03. The van der Waals surface area contributed by atoms with Gasteiger partial charge in [-0.3, -0.25) is 0 Å². The van der Waals surface area contributed by atoms with Crippen molar-refractivity contribution in [3.05, 3.63) is 18.7 Å². The van der Waals surface area contributed by atoms with Gasteiger partial charge in [0.1, 0.15) is 0 Å². The monoisotopic (exact) mass is 362 g/mol. The molecule has 0 aliphatic rings. The van der Waals surface area contributed by atoms with Crippen molar-refractivity contribution in [2.24, 2.45) is 0 Å². The summed E-state index contributed by atoms with van der Waals surface area (Å²) in [7, 11) is 0. The van der Waals surface area contributed by atoms with Crippen LogP contribution in [0.4, 0.5) is 0 Å². The van der Waals surface area contributed by atoms with Crippen LogP contribution in [0, 0.1) is 0 Å². The van der Waals surface area contributed by atoms with Crippen LogP contribution in [0.5, 0.6) is 0 Å². The summed E-state index contributed by atoms with van der Waals surface area (Å²) in [5.41, 5.74) is 0. The molecule has 0 aliphatic carbocycles. The molecule has 0 aliphatic heterocycles. The van der Waals surface area contributed by atoms with Crippen molar-refractivity contribution >= 4 is 21.5 Å². The molecule has 0 unspecified atom stereocenters. The number of hydrogen-bond acceptors (Lipinski definition) is 1. The van der Waals surface area contributed by atoms with Crippen LogP contribution in [-0.4, -0.2) is 28.8 Å². The maximum atomic E-state index is 4.15. The summed E-state index contributed by atoms with van der Waals surface area (Å²) in [5, 5.41) is 0. The van der Waals surface area contributed by atoms with Crippen molar-refractivity contribution in [1.29, 1.82) is 0 Å². The first-order chi connectivity index (χ1) is 5.79. The Hall–Kier alpha value is 0.132. The van der Waals surface area contributed by atoms with Crippen LogP contribution in [0.25, 0.3) is 0 Å². The number of aromatic nitrogens is 2. The van der Waals surface area contributed by atoms with E-state index in [1.807, 2.05) is 12.5 Å². The fraction of sp³-hybridized carbons (Fsp3) is 0.667. The molecule has 2 nitrogen and oxygen atoms in total. The van der Waals surface area contributed by atoms with Gasteiger partial charge in [0.05, 0.1) is 0 Å². The number of rotatable bonds is 4. The van der Waals surface area contributed by atoms with E-state index < -0.39 is 21.5 Å². The molecule has 68 valence electrons. The van der Waals surface area contributed by atoms with Crippen molar-refractivity contribution < 1.29 is 0 Å². The predicted octanol–water partition coefficient (Wildman–Crippen LogP) is 2.74. The molecule has 12 heavy (non-hydrogen) atoms. The van der Waals surface area contributed by atoms with Gasteiger partial charge in [-0.25, -0.2) is 0 Å². The molecule has 1 aromatic rings. The molecule has 0 atom stereocenters. The van der Waals surface area contributed by atoms with Crippen molar-refractivity contribution in [3.63, 3.8) is 0 Å². The Balaban J connectivity index is 2.93. The molecule has 0 N–H and O–H groups in total. The number of imidazole rings is 1. The Morgan fingerprint density at radius 1 is 1.17 bits per heavy atom. The summed E-state index contributed by atoms with van der Waals surface area (Å²) in [4.78, 5) is 4.15. The average molecular weight is 361 g/mol. The molecule has 0 radical (unpaired) electrons. The second kappa shape index (κ2) is 4.39. The van der Waals surface area contributed by atoms with Gasteiger partial charge in [0.2, 0.25) is 0 Å². The summed E-state index contributed by atoms with van der Waals surface area (Å²) < 4.78 is 6.66. The number of nitrogens with zero attached hydrogens (tertiary/aromatic N) is 2. The van der Waals surface area contributed by atoms with Gasteiger partial charge in [-0.15, -0.1) is 0 Å². The first kappa shape index (κ1) is 10.2. The van der Waals surface area contributed by atoms with E-state index in [0.717, 1.165) is 0 Å². The van der Waals surface area contributed by atoms with Crippen LogP contribution in [-0.2, 0) is 0 Å². The molecule has 0 bridgehead atoms. The Morgan fingerprint density at radius 2 is 1.75 bits per heavy atom. The first-order valence-corrected chi connectivity index (χ1v) is 14.8. The minimum atomic E-state index is -2.08. The molecule has 1 rings (SSSR count). The molecule has 3 heteroatoms. The van der Waals surface area contributed by atoms with Crippen molar-refractivity contribution in [3.8, 4) is 0 Å². The zero-order valence-corrected chi connectivity index (χ0v) is 12.1. The van der Waals surface area contributed by atoms with Gasteiger partial charge in [0.15, 0.2) is 0 Å². The second-order valence-corrected chi connectivity index (χ2v) is 23.0. The Morgan fingerprint density at radius 3 is 2.08 bits per heavy atom.